The maximum atomic E-state index is 10.1. The van der Waals surface area contributed by atoms with Gasteiger partial charge in [0, 0.05) is 0 Å². The van der Waals surface area contributed by atoms with Crippen LogP contribution in [0.5, 0.6) is 0 Å². The zero-order valence-corrected chi connectivity index (χ0v) is 9.18. The normalized spacial score (nSPS) is 9.44. The number of rotatable bonds is 0. The van der Waals surface area contributed by atoms with Gasteiger partial charge in [0.2, 0.25) is 0 Å². The third-order valence-corrected chi connectivity index (χ3v) is 0. The molecule has 0 unspecified atom stereocenters. The molecule has 0 aliphatic heterocycles. The summed E-state index contributed by atoms with van der Waals surface area (Å²) in [5.74, 6) is 0. The zero-order valence-electron chi connectivity index (χ0n) is 5.51. The molecule has 0 radical (unpaired) electrons. The fourth-order valence-corrected chi connectivity index (χ4v) is 0. The SMILES string of the molecule is O=S(=O)([O-])F.[CH3][Sn+]([CH3])[CH3]. The molecule has 0 heterocycles. The van der Waals surface area contributed by atoms with Crippen molar-refractivity contribution in [3.8, 4) is 0 Å². The van der Waals surface area contributed by atoms with E-state index in [9.17, 15) is 3.89 Å². The van der Waals surface area contributed by atoms with Crippen LogP contribution in [-0.4, -0.2) is 32.7 Å². The second-order valence-electron chi connectivity index (χ2n) is 1.89. The van der Waals surface area contributed by atoms with E-state index >= 15 is 0 Å². The molecule has 0 amide bonds. The Balaban J connectivity index is 0. The van der Waals surface area contributed by atoms with Gasteiger partial charge >= 0.3 is 34.6 Å². The van der Waals surface area contributed by atoms with Crippen LogP contribution >= 0.6 is 0 Å². The van der Waals surface area contributed by atoms with Crippen LogP contribution in [0.25, 0.3) is 0 Å². The van der Waals surface area contributed by atoms with E-state index < -0.39 is 30.3 Å². The van der Waals surface area contributed by atoms with Gasteiger partial charge in [-0.05, 0) is 0 Å². The minimum atomic E-state index is -5.42. The second kappa shape index (κ2) is 5.43. The van der Waals surface area contributed by atoms with Crippen LogP contribution in [0, 0.1) is 0 Å². The Bertz CT molecular complexity index is 130. The summed E-state index contributed by atoms with van der Waals surface area (Å²) in [6, 6.07) is 0. The van der Waals surface area contributed by atoms with Crippen molar-refractivity contribution in [3.05, 3.63) is 0 Å². The first-order valence-electron chi connectivity index (χ1n) is 2.15. The molecule has 9 heavy (non-hydrogen) atoms. The Hall–Kier alpha value is 0.639. The van der Waals surface area contributed by atoms with Crippen LogP contribution in [0.1, 0.15) is 0 Å². The van der Waals surface area contributed by atoms with E-state index in [0.717, 1.165) is 0 Å². The van der Waals surface area contributed by atoms with Crippen LogP contribution in [0.2, 0.25) is 14.8 Å². The Morgan fingerprint density at radius 3 is 1.33 bits per heavy atom. The predicted molar refractivity (Wildman–Crippen MR) is 34.2 cm³/mol. The molecule has 0 N–H and O–H groups in total. The third kappa shape index (κ3) is 933. The first-order chi connectivity index (χ1) is 3.73. The van der Waals surface area contributed by atoms with Crippen LogP contribution in [0.4, 0.5) is 3.89 Å². The van der Waals surface area contributed by atoms with Crippen molar-refractivity contribution in [2.24, 2.45) is 0 Å². The van der Waals surface area contributed by atoms with Gasteiger partial charge in [-0.25, -0.2) is 8.42 Å². The van der Waals surface area contributed by atoms with E-state index in [1.54, 1.807) is 0 Å². The molecular formula is C3H9FO3SSn. The average molecular weight is 263 g/mol. The first-order valence-corrected chi connectivity index (χ1v) is 12.0. The summed E-state index contributed by atoms with van der Waals surface area (Å²) in [5.41, 5.74) is 0. The van der Waals surface area contributed by atoms with E-state index in [4.69, 9.17) is 13.0 Å². The Kier molecular flexibility index (Phi) is 7.43. The fraction of sp³-hybridized carbons (Fsp3) is 1.00. The molecular weight excluding hydrogens is 254 g/mol. The Morgan fingerprint density at radius 1 is 1.33 bits per heavy atom. The molecule has 0 spiro atoms. The fourth-order valence-electron chi connectivity index (χ4n) is 0. The molecule has 3 nitrogen and oxygen atoms in total. The summed E-state index contributed by atoms with van der Waals surface area (Å²) in [6.45, 7) is 0. The van der Waals surface area contributed by atoms with Crippen molar-refractivity contribution in [2.45, 2.75) is 14.8 Å². The predicted octanol–water partition coefficient (Wildman–Crippen LogP) is 0.787. The van der Waals surface area contributed by atoms with Gasteiger partial charge in [-0.15, -0.1) is 3.89 Å². The summed E-state index contributed by atoms with van der Waals surface area (Å²) in [6.07, 6.45) is 0. The zero-order chi connectivity index (χ0) is 8.08. The topological polar surface area (TPSA) is 57.2 Å². The molecule has 0 aromatic carbocycles. The Labute approximate surface area is 62.0 Å². The van der Waals surface area contributed by atoms with E-state index in [0.29, 0.717) is 0 Å². The second-order valence-corrected chi connectivity index (χ2v) is 11.2. The van der Waals surface area contributed by atoms with Gasteiger partial charge < -0.3 is 4.55 Å². The van der Waals surface area contributed by atoms with E-state index in [2.05, 4.69) is 14.8 Å². The maximum absolute atomic E-state index is 10.1. The van der Waals surface area contributed by atoms with Gasteiger partial charge in [-0.3, -0.25) is 0 Å². The van der Waals surface area contributed by atoms with Gasteiger partial charge in [0.25, 0.3) is 10.5 Å². The monoisotopic (exact) mass is 264 g/mol. The van der Waals surface area contributed by atoms with Crippen LogP contribution < -0.4 is 0 Å². The molecule has 0 saturated heterocycles. The molecule has 0 aromatic heterocycles. The quantitative estimate of drug-likeness (QED) is 0.368. The molecule has 0 aliphatic carbocycles. The molecule has 0 bridgehead atoms. The van der Waals surface area contributed by atoms with Gasteiger partial charge in [0.15, 0.2) is 0 Å². The van der Waals surface area contributed by atoms with Gasteiger partial charge in [-0.2, -0.15) is 0 Å². The van der Waals surface area contributed by atoms with Crippen molar-refractivity contribution in [1.82, 2.24) is 0 Å². The van der Waals surface area contributed by atoms with E-state index in [1.807, 2.05) is 0 Å². The van der Waals surface area contributed by atoms with Crippen molar-refractivity contribution in [2.75, 3.05) is 0 Å². The van der Waals surface area contributed by atoms with Crippen LogP contribution in [0.3, 0.4) is 0 Å². The van der Waals surface area contributed by atoms with Crippen molar-refractivity contribution in [1.29, 1.82) is 0 Å². The summed E-state index contributed by atoms with van der Waals surface area (Å²) in [7, 11) is -5.42. The van der Waals surface area contributed by atoms with Gasteiger partial charge in [0.05, 0.1) is 0 Å². The Morgan fingerprint density at radius 2 is 1.33 bits per heavy atom. The molecule has 0 fully saturated rings. The third-order valence-electron chi connectivity index (χ3n) is 0. The number of hydrogen-bond donors (Lipinski definition) is 0. The van der Waals surface area contributed by atoms with Gasteiger partial charge in [0.1, 0.15) is 0 Å². The van der Waals surface area contributed by atoms with E-state index in [-0.39, 0.29) is 0 Å². The number of halogens is 1. The molecule has 0 atom stereocenters. The molecule has 56 valence electrons. The van der Waals surface area contributed by atoms with Crippen molar-refractivity contribution in [3.63, 3.8) is 0 Å². The molecule has 0 saturated carbocycles. The summed E-state index contributed by atoms with van der Waals surface area (Å²) < 4.78 is 35.3. The molecule has 0 aromatic rings. The summed E-state index contributed by atoms with van der Waals surface area (Å²) in [4.78, 5) is 7.09. The average Bonchev–Trinajstić information content (AvgIpc) is 1.19. The van der Waals surface area contributed by atoms with E-state index in [1.165, 1.54) is 0 Å². The molecule has 6 heteroatoms. The standard InChI is InChI=1S/3CH3.FHO3S.Sn/c;;;1-5(2,3)4;/h3*1H3;(H,2,3,4);/q;;;;+1/p-1. The van der Waals surface area contributed by atoms with Crippen molar-refractivity contribution < 1.29 is 16.9 Å². The number of hydrogen-bond acceptors (Lipinski definition) is 3. The van der Waals surface area contributed by atoms with Crippen LogP contribution in [0.15, 0.2) is 0 Å². The van der Waals surface area contributed by atoms with Crippen LogP contribution in [-0.2, 0) is 10.5 Å². The summed E-state index contributed by atoms with van der Waals surface area (Å²) in [5, 5.41) is 0. The molecule has 0 rings (SSSR count). The first kappa shape index (κ1) is 12.3. The van der Waals surface area contributed by atoms with Crippen molar-refractivity contribution >= 4 is 30.3 Å². The minimum absolute atomic E-state index is 0.543. The van der Waals surface area contributed by atoms with Gasteiger partial charge in [-0.1, -0.05) is 0 Å². The molecule has 0 aliphatic rings. The summed E-state index contributed by atoms with van der Waals surface area (Å²) >= 11 is -0.543.